The molecule has 0 amide bonds. The first-order chi connectivity index (χ1) is 12.4. The van der Waals surface area contributed by atoms with Gasteiger partial charge in [-0.05, 0) is 12.1 Å². The van der Waals surface area contributed by atoms with Crippen LogP contribution >= 0.6 is 11.3 Å². The minimum atomic E-state index is 0.378. The van der Waals surface area contributed by atoms with Crippen LogP contribution in [-0.2, 0) is 0 Å². The lowest BCUT2D eigenvalue weighted by atomic mass is 10.6. The van der Waals surface area contributed by atoms with Gasteiger partial charge in [0.25, 0.3) is 0 Å². The molecule has 0 atom stereocenters. The van der Waals surface area contributed by atoms with E-state index in [2.05, 4.69) is 25.3 Å². The Balaban J connectivity index is 1.66. The van der Waals surface area contributed by atoms with Gasteiger partial charge in [0, 0.05) is 23.0 Å². The van der Waals surface area contributed by atoms with Crippen LogP contribution in [0.3, 0.4) is 0 Å². The summed E-state index contributed by atoms with van der Waals surface area (Å²) in [4.78, 5) is 11.9. The molecule has 5 heterocycles. The largest absolute Gasteiger partial charge is 0.430 e. The van der Waals surface area contributed by atoms with Gasteiger partial charge in [-0.2, -0.15) is 4.98 Å². The van der Waals surface area contributed by atoms with E-state index in [0.717, 1.165) is 5.82 Å². The predicted molar refractivity (Wildman–Crippen MR) is 88.5 cm³/mol. The van der Waals surface area contributed by atoms with Gasteiger partial charge in [-0.3, -0.25) is 0 Å². The molecular weight excluding hydrogens is 346 g/mol. The van der Waals surface area contributed by atoms with Gasteiger partial charge in [0.2, 0.25) is 10.9 Å². The highest BCUT2D eigenvalue weighted by molar-refractivity contribution is 7.13. The minimum absolute atomic E-state index is 0.378. The van der Waals surface area contributed by atoms with E-state index >= 15 is 0 Å². The summed E-state index contributed by atoms with van der Waals surface area (Å²) >= 11 is 1.47. The molecule has 0 aromatic carbocycles. The van der Waals surface area contributed by atoms with Gasteiger partial charge in [0.05, 0.1) is 6.20 Å². The summed E-state index contributed by atoms with van der Waals surface area (Å²) in [7, 11) is 0. The summed E-state index contributed by atoms with van der Waals surface area (Å²) < 4.78 is 10.5. The number of oxazole rings is 1. The van der Waals surface area contributed by atoms with Crippen LogP contribution in [0.4, 0.5) is 22.8 Å². The van der Waals surface area contributed by atoms with Gasteiger partial charge in [-0.15, -0.1) is 21.6 Å². The highest BCUT2D eigenvalue weighted by Crippen LogP contribution is 2.35. The van der Waals surface area contributed by atoms with Crippen molar-refractivity contribution >= 4 is 34.1 Å². The van der Waals surface area contributed by atoms with Crippen LogP contribution < -0.4 is 20.3 Å². The second-order valence-electron chi connectivity index (χ2n) is 4.97. The molecule has 0 unspecified atom stereocenters. The highest BCUT2D eigenvalue weighted by Gasteiger charge is 2.43. The molecule has 11 nitrogen and oxygen atoms in total. The Bertz CT molecular complexity index is 831. The van der Waals surface area contributed by atoms with Crippen molar-refractivity contribution in [2.75, 3.05) is 26.9 Å². The molecule has 4 aromatic rings. The molecule has 0 radical (unpaired) electrons. The normalized spacial score (nSPS) is 14.7. The second-order valence-corrected chi connectivity index (χ2v) is 5.84. The number of thiazole rings is 1. The van der Waals surface area contributed by atoms with Crippen LogP contribution in [0.15, 0.2) is 57.6 Å². The molecule has 0 aliphatic carbocycles. The summed E-state index contributed by atoms with van der Waals surface area (Å²) in [6.07, 6.45) is 8.14. The first kappa shape index (κ1) is 13.9. The molecule has 12 heteroatoms. The summed E-state index contributed by atoms with van der Waals surface area (Å²) in [6, 6.07) is 4.24. The van der Waals surface area contributed by atoms with Crippen LogP contribution in [0, 0.1) is 0 Å². The summed E-state index contributed by atoms with van der Waals surface area (Å²) in [5, 5.41) is 17.5. The lowest BCUT2D eigenvalue weighted by molar-refractivity contribution is 0.393. The zero-order valence-electron chi connectivity index (χ0n) is 12.6. The molecule has 5 rings (SSSR count). The number of anilines is 4. The van der Waals surface area contributed by atoms with E-state index < -0.39 is 0 Å². The van der Waals surface area contributed by atoms with Crippen molar-refractivity contribution in [1.82, 2.24) is 25.3 Å². The smallest absolute Gasteiger partial charge is 0.339 e. The van der Waals surface area contributed by atoms with Crippen LogP contribution in [-0.4, -0.2) is 32.0 Å². The van der Waals surface area contributed by atoms with E-state index in [1.54, 1.807) is 22.6 Å². The third-order valence-corrected chi connectivity index (χ3v) is 4.30. The second kappa shape index (κ2) is 5.52. The molecule has 1 aliphatic rings. The number of aromatic amines is 1. The Morgan fingerprint density at radius 2 is 2.16 bits per heavy atom. The van der Waals surface area contributed by atoms with Crippen LogP contribution in [0.2, 0.25) is 0 Å². The number of aromatic nitrogens is 5. The number of rotatable bonds is 4. The quantitative estimate of drug-likeness (QED) is 0.582. The highest BCUT2D eigenvalue weighted by atomic mass is 32.1. The lowest BCUT2D eigenvalue weighted by Crippen LogP contribution is -2.49. The summed E-state index contributed by atoms with van der Waals surface area (Å²) in [5.41, 5.74) is 0. The molecule has 1 aliphatic heterocycles. The van der Waals surface area contributed by atoms with E-state index in [0.29, 0.717) is 23.6 Å². The molecule has 4 aromatic heterocycles. The van der Waals surface area contributed by atoms with Crippen molar-refractivity contribution < 1.29 is 8.94 Å². The maximum atomic E-state index is 5.55. The fourth-order valence-corrected chi connectivity index (χ4v) is 3.19. The molecule has 0 bridgehead atoms. The molecule has 1 fully saturated rings. The third-order valence-electron chi connectivity index (χ3n) is 3.56. The zero-order chi connectivity index (χ0) is 16.6. The standard InChI is InChI=1S/C13H11N9O2S/c1-2-10(14-3-1)19-9-20(11-8-24-18-17-11)22(13-16-5-7-25-13)21(19)12-15-4-6-23-12/h1-8,14H,9H2. The van der Waals surface area contributed by atoms with Gasteiger partial charge < -0.3 is 13.9 Å². The number of hydrogen-bond acceptors (Lipinski definition) is 11. The van der Waals surface area contributed by atoms with Crippen molar-refractivity contribution in [3.05, 3.63) is 48.6 Å². The minimum Gasteiger partial charge on any atom is -0.430 e. The average Bonchev–Trinajstić information content (AvgIpc) is 3.48. The maximum Gasteiger partial charge on any atom is 0.339 e. The van der Waals surface area contributed by atoms with Crippen molar-refractivity contribution in [2.24, 2.45) is 0 Å². The Morgan fingerprint density at radius 3 is 2.84 bits per heavy atom. The lowest BCUT2D eigenvalue weighted by Gasteiger charge is -2.31. The van der Waals surface area contributed by atoms with Gasteiger partial charge >= 0.3 is 6.01 Å². The first-order valence-electron chi connectivity index (χ1n) is 7.26. The Labute approximate surface area is 144 Å². The molecule has 25 heavy (non-hydrogen) atoms. The van der Waals surface area contributed by atoms with E-state index in [-0.39, 0.29) is 0 Å². The van der Waals surface area contributed by atoms with Crippen LogP contribution in [0.5, 0.6) is 0 Å². The molecule has 0 spiro atoms. The van der Waals surface area contributed by atoms with Crippen molar-refractivity contribution in [1.29, 1.82) is 0 Å². The monoisotopic (exact) mass is 357 g/mol. The first-order valence-corrected chi connectivity index (χ1v) is 8.14. The predicted octanol–water partition coefficient (Wildman–Crippen LogP) is 1.88. The van der Waals surface area contributed by atoms with Crippen molar-refractivity contribution in [3.63, 3.8) is 0 Å². The fraction of sp³-hybridized carbons (Fsp3) is 0.0769. The SMILES string of the molecule is c1c[nH]c(N2CN(c3conn3)N(c3nccs3)N2c2ncco2)c1. The van der Waals surface area contributed by atoms with E-state index in [9.17, 15) is 0 Å². The van der Waals surface area contributed by atoms with Crippen LogP contribution in [0.25, 0.3) is 0 Å². The van der Waals surface area contributed by atoms with Gasteiger partial charge in [0.1, 0.15) is 18.7 Å². The van der Waals surface area contributed by atoms with Gasteiger partial charge in [0.15, 0.2) is 6.26 Å². The Hall–Kier alpha value is -3.54. The van der Waals surface area contributed by atoms with Crippen molar-refractivity contribution in [2.45, 2.75) is 0 Å². The average molecular weight is 357 g/mol. The van der Waals surface area contributed by atoms with Crippen LogP contribution in [0.1, 0.15) is 0 Å². The van der Waals surface area contributed by atoms with Crippen molar-refractivity contribution in [3.8, 4) is 0 Å². The Kier molecular flexibility index (Phi) is 3.06. The Morgan fingerprint density at radius 1 is 1.16 bits per heavy atom. The zero-order valence-corrected chi connectivity index (χ0v) is 13.4. The van der Waals surface area contributed by atoms with Gasteiger partial charge in [-0.1, -0.05) is 5.10 Å². The third kappa shape index (κ3) is 2.19. The molecule has 1 N–H and O–H groups in total. The number of H-pyrrole nitrogens is 1. The van der Waals surface area contributed by atoms with E-state index in [4.69, 9.17) is 8.94 Å². The fourth-order valence-electron chi connectivity index (χ4n) is 2.55. The summed E-state index contributed by atoms with van der Waals surface area (Å²) in [6.45, 7) is 0.413. The number of nitrogens with zero attached hydrogens (tertiary/aromatic N) is 8. The molecule has 1 saturated heterocycles. The number of hydrazine groups is 3. The van der Waals surface area contributed by atoms with E-state index in [1.165, 1.54) is 23.9 Å². The molecule has 126 valence electrons. The number of nitrogens with one attached hydrogen (secondary N) is 1. The van der Waals surface area contributed by atoms with E-state index in [1.807, 2.05) is 33.7 Å². The number of hydrogen-bond donors (Lipinski definition) is 1. The maximum absolute atomic E-state index is 5.55. The molecular formula is C13H11N9O2S. The topological polar surface area (TPSA) is 107 Å². The van der Waals surface area contributed by atoms with Gasteiger partial charge in [-0.25, -0.2) is 15.0 Å². The summed E-state index contributed by atoms with van der Waals surface area (Å²) in [5.74, 6) is 1.37. The molecule has 0 saturated carbocycles.